The number of aromatic nitrogens is 2. The largest absolute Gasteiger partial charge is 0.416 e. The van der Waals surface area contributed by atoms with Gasteiger partial charge in [-0.05, 0) is 54.4 Å². The lowest BCUT2D eigenvalue weighted by molar-refractivity contribution is -0.137. The summed E-state index contributed by atoms with van der Waals surface area (Å²) >= 11 is 0. The van der Waals surface area contributed by atoms with Crippen molar-refractivity contribution in [2.45, 2.75) is 19.5 Å². The first kappa shape index (κ1) is 20.6. The van der Waals surface area contributed by atoms with Gasteiger partial charge in [0.15, 0.2) is 0 Å². The van der Waals surface area contributed by atoms with Gasteiger partial charge in [0, 0.05) is 34.6 Å². The Morgan fingerprint density at radius 1 is 0.935 bits per heavy atom. The van der Waals surface area contributed by atoms with Crippen molar-refractivity contribution in [1.82, 2.24) is 9.97 Å². The maximum atomic E-state index is 13.7. The maximum absolute atomic E-state index is 13.7. The van der Waals surface area contributed by atoms with E-state index in [4.69, 9.17) is 0 Å². The number of rotatable bonds is 2. The molecule has 0 aliphatic rings. The van der Waals surface area contributed by atoms with E-state index in [0.29, 0.717) is 22.1 Å². The molecule has 4 aromatic rings. The number of nitrogens with zero attached hydrogens (tertiary/aromatic N) is 1. The van der Waals surface area contributed by atoms with Crippen LogP contribution < -0.4 is 0 Å². The van der Waals surface area contributed by atoms with Gasteiger partial charge < -0.3 is 4.98 Å². The van der Waals surface area contributed by atoms with Gasteiger partial charge in [-0.3, -0.25) is 4.98 Å². The van der Waals surface area contributed by atoms with Crippen molar-refractivity contribution in [2.75, 3.05) is 0 Å². The minimum absolute atomic E-state index is 0.236. The topological polar surface area (TPSA) is 28.7 Å². The van der Waals surface area contributed by atoms with Crippen LogP contribution in [-0.2, 0) is 6.18 Å². The molecule has 2 aromatic heterocycles. The lowest BCUT2D eigenvalue weighted by atomic mass is 9.98. The summed E-state index contributed by atoms with van der Waals surface area (Å²) in [5, 5.41) is 0.478. The fourth-order valence-electron chi connectivity index (χ4n) is 3.32. The fourth-order valence-corrected chi connectivity index (χ4v) is 3.32. The molecule has 0 saturated heterocycles. The minimum atomic E-state index is -4.47. The summed E-state index contributed by atoms with van der Waals surface area (Å²) in [7, 11) is 0. The molecule has 4 rings (SSSR count). The number of aromatic amines is 1. The second-order valence-corrected chi connectivity index (χ2v) is 7.00. The number of alkyl halides is 5. The van der Waals surface area contributed by atoms with E-state index >= 15 is 0 Å². The van der Waals surface area contributed by atoms with Gasteiger partial charge in [0.25, 0.3) is 6.43 Å². The van der Waals surface area contributed by atoms with Crippen LogP contribution >= 0.6 is 0 Å². The zero-order chi connectivity index (χ0) is 22.2. The number of pyridine rings is 1. The Labute approximate surface area is 174 Å². The van der Waals surface area contributed by atoms with Gasteiger partial charge in [-0.15, -0.1) is 0 Å². The molecule has 0 spiro atoms. The van der Waals surface area contributed by atoms with Crippen LogP contribution in [0.25, 0.3) is 22.0 Å². The van der Waals surface area contributed by atoms with Gasteiger partial charge in [-0.1, -0.05) is 24.0 Å². The van der Waals surface area contributed by atoms with Crippen LogP contribution in [0.2, 0.25) is 0 Å². The zero-order valence-corrected chi connectivity index (χ0v) is 16.2. The molecule has 0 amide bonds. The van der Waals surface area contributed by atoms with Crippen molar-refractivity contribution in [3.63, 3.8) is 0 Å². The van der Waals surface area contributed by atoms with Crippen LogP contribution in [0.15, 0.2) is 60.9 Å². The number of nitrogens with one attached hydrogen (secondary N) is 1. The van der Waals surface area contributed by atoms with Crippen LogP contribution in [0.4, 0.5) is 22.0 Å². The highest BCUT2D eigenvalue weighted by molar-refractivity contribution is 5.93. The van der Waals surface area contributed by atoms with Gasteiger partial charge in [-0.2, -0.15) is 13.2 Å². The van der Waals surface area contributed by atoms with Gasteiger partial charge in [0.05, 0.1) is 16.6 Å². The molecule has 7 heteroatoms. The smallest absolute Gasteiger partial charge is 0.360 e. The first-order valence-electron chi connectivity index (χ1n) is 9.28. The molecule has 0 aliphatic carbocycles. The van der Waals surface area contributed by atoms with E-state index in [0.717, 1.165) is 23.4 Å². The van der Waals surface area contributed by atoms with Gasteiger partial charge in [0.2, 0.25) is 0 Å². The number of fused-ring (bicyclic) bond motifs is 1. The van der Waals surface area contributed by atoms with Crippen LogP contribution in [0.3, 0.4) is 0 Å². The normalized spacial score (nSPS) is 11.6. The highest BCUT2D eigenvalue weighted by atomic mass is 19.4. The van der Waals surface area contributed by atoms with Crippen molar-refractivity contribution in [3.8, 4) is 23.0 Å². The lowest BCUT2D eigenvalue weighted by Crippen LogP contribution is -2.04. The molecule has 2 nitrogen and oxygen atoms in total. The Hall–Kier alpha value is -3.66. The number of hydrogen-bond acceptors (Lipinski definition) is 1. The summed E-state index contributed by atoms with van der Waals surface area (Å²) < 4.78 is 65.9. The summed E-state index contributed by atoms with van der Waals surface area (Å²) in [6.07, 6.45) is -4.05. The molecule has 31 heavy (non-hydrogen) atoms. The molecule has 0 fully saturated rings. The van der Waals surface area contributed by atoms with Crippen molar-refractivity contribution in [2.24, 2.45) is 0 Å². The number of aryl methyl sites for hydroxylation is 1. The molecule has 1 N–H and O–H groups in total. The van der Waals surface area contributed by atoms with E-state index in [1.54, 1.807) is 30.6 Å². The molecule has 156 valence electrons. The standard InChI is InChI=1S/C24H15F5N2/c1-14-10-15(8-9-30-14)2-3-17-13-31-22-20(17)11-18(12-21(22)23(25)26)16-4-6-19(7-5-16)24(27,28)29/h4-13,23,31H,1H3. The molecule has 0 atom stereocenters. The third-order valence-corrected chi connectivity index (χ3v) is 4.84. The number of halogens is 5. The van der Waals surface area contributed by atoms with Crippen molar-refractivity contribution < 1.29 is 22.0 Å². The molecule has 0 saturated carbocycles. The van der Waals surface area contributed by atoms with Crippen LogP contribution in [0.5, 0.6) is 0 Å². The van der Waals surface area contributed by atoms with Crippen LogP contribution in [0, 0.1) is 18.8 Å². The SMILES string of the molecule is Cc1cc(C#Cc2c[nH]c3c(C(F)F)cc(-c4ccc(C(F)(F)F)cc4)cc23)ccn1. The molecule has 0 unspecified atom stereocenters. The molecular weight excluding hydrogens is 411 g/mol. The summed E-state index contributed by atoms with van der Waals surface area (Å²) in [6.45, 7) is 1.84. The minimum Gasteiger partial charge on any atom is -0.360 e. The monoisotopic (exact) mass is 426 g/mol. The summed E-state index contributed by atoms with van der Waals surface area (Å²) in [6, 6.07) is 10.9. The predicted octanol–water partition coefficient (Wildman–Crippen LogP) is 6.89. The quantitative estimate of drug-likeness (QED) is 0.274. The second kappa shape index (κ2) is 7.88. The molecule has 0 radical (unpaired) electrons. The van der Waals surface area contributed by atoms with Crippen molar-refractivity contribution in [1.29, 1.82) is 0 Å². The Morgan fingerprint density at radius 2 is 1.68 bits per heavy atom. The molecule has 0 bridgehead atoms. The van der Waals surface area contributed by atoms with Crippen LogP contribution in [0.1, 0.15) is 34.4 Å². The predicted molar refractivity (Wildman–Crippen MR) is 109 cm³/mol. The van der Waals surface area contributed by atoms with E-state index in [-0.39, 0.29) is 11.1 Å². The van der Waals surface area contributed by atoms with E-state index in [9.17, 15) is 22.0 Å². The van der Waals surface area contributed by atoms with Crippen LogP contribution in [-0.4, -0.2) is 9.97 Å². The summed E-state index contributed by atoms with van der Waals surface area (Å²) in [4.78, 5) is 6.95. The third kappa shape index (κ3) is 4.29. The highest BCUT2D eigenvalue weighted by Gasteiger charge is 2.30. The molecule has 2 aromatic carbocycles. The van der Waals surface area contributed by atoms with E-state index < -0.39 is 18.2 Å². The number of benzene rings is 2. The molecular formula is C24H15F5N2. The first-order chi connectivity index (χ1) is 14.7. The molecule has 0 aliphatic heterocycles. The maximum Gasteiger partial charge on any atom is 0.416 e. The average Bonchev–Trinajstić information content (AvgIpc) is 3.14. The zero-order valence-electron chi connectivity index (χ0n) is 16.2. The van der Waals surface area contributed by atoms with Gasteiger partial charge in [-0.25, -0.2) is 8.78 Å². The highest BCUT2D eigenvalue weighted by Crippen LogP contribution is 2.36. The van der Waals surface area contributed by atoms with Crippen molar-refractivity contribution in [3.05, 3.63) is 88.9 Å². The lowest BCUT2D eigenvalue weighted by Gasteiger charge is -2.10. The van der Waals surface area contributed by atoms with Crippen molar-refractivity contribution >= 4 is 10.9 Å². The van der Waals surface area contributed by atoms with E-state index in [1.807, 2.05) is 6.92 Å². The molecule has 2 heterocycles. The summed E-state index contributed by atoms with van der Waals surface area (Å²) in [5.41, 5.74) is 2.05. The fraction of sp³-hybridized carbons (Fsp3) is 0.125. The Kier molecular flexibility index (Phi) is 5.24. The van der Waals surface area contributed by atoms with Gasteiger partial charge in [0.1, 0.15) is 0 Å². The van der Waals surface area contributed by atoms with E-state index in [2.05, 4.69) is 21.8 Å². The van der Waals surface area contributed by atoms with E-state index in [1.165, 1.54) is 18.2 Å². The first-order valence-corrected chi connectivity index (χ1v) is 9.28. The average molecular weight is 426 g/mol. The number of H-pyrrole nitrogens is 1. The second-order valence-electron chi connectivity index (χ2n) is 7.00. The summed E-state index contributed by atoms with van der Waals surface area (Å²) in [5.74, 6) is 5.97. The third-order valence-electron chi connectivity index (χ3n) is 4.84. The van der Waals surface area contributed by atoms with Gasteiger partial charge >= 0.3 is 6.18 Å². The Morgan fingerprint density at radius 3 is 2.32 bits per heavy atom. The Balaban J connectivity index is 1.82. The number of hydrogen-bond donors (Lipinski definition) is 1. The Bertz CT molecular complexity index is 1310.